The lowest BCUT2D eigenvalue weighted by Gasteiger charge is -2.05. The summed E-state index contributed by atoms with van der Waals surface area (Å²) in [6.07, 6.45) is 4.03. The predicted octanol–water partition coefficient (Wildman–Crippen LogP) is 3.40. The van der Waals surface area contributed by atoms with Gasteiger partial charge >= 0.3 is 0 Å². The van der Waals surface area contributed by atoms with Crippen LogP contribution in [0.2, 0.25) is 0 Å². The lowest BCUT2D eigenvalue weighted by Crippen LogP contribution is -2.02. The van der Waals surface area contributed by atoms with Gasteiger partial charge in [0.25, 0.3) is 0 Å². The fourth-order valence-electron chi connectivity index (χ4n) is 1.47. The molecule has 0 radical (unpaired) electrons. The zero-order chi connectivity index (χ0) is 10.4. The molecule has 0 fully saturated rings. The van der Waals surface area contributed by atoms with Gasteiger partial charge in [0.05, 0.1) is 0 Å². The lowest BCUT2D eigenvalue weighted by atomic mass is 9.99. The van der Waals surface area contributed by atoms with Crippen LogP contribution in [-0.4, -0.2) is 5.78 Å². The first-order valence-electron chi connectivity index (χ1n) is 5.01. The zero-order valence-corrected chi connectivity index (χ0v) is 8.62. The number of benzene rings is 1. The average molecular weight is 188 g/mol. The Morgan fingerprint density at radius 2 is 2.14 bits per heavy atom. The lowest BCUT2D eigenvalue weighted by molar-refractivity contribution is 0.0983. The highest BCUT2D eigenvalue weighted by Crippen LogP contribution is 2.12. The molecule has 1 heteroatoms. The van der Waals surface area contributed by atoms with Crippen LogP contribution >= 0.6 is 0 Å². The molecule has 1 rings (SSSR count). The molecule has 0 saturated carbocycles. The van der Waals surface area contributed by atoms with Gasteiger partial charge in [-0.15, -0.1) is 6.58 Å². The minimum Gasteiger partial charge on any atom is -0.294 e. The molecule has 0 N–H and O–H groups in total. The van der Waals surface area contributed by atoms with E-state index in [9.17, 15) is 4.79 Å². The van der Waals surface area contributed by atoms with Gasteiger partial charge in [0.2, 0.25) is 0 Å². The molecule has 0 aliphatic heterocycles. The molecule has 0 saturated heterocycles. The Kier molecular flexibility index (Phi) is 4.11. The SMILES string of the molecule is C=CCCC(=O)c1ccccc1CC. The van der Waals surface area contributed by atoms with Gasteiger partial charge in [0.15, 0.2) is 5.78 Å². The van der Waals surface area contributed by atoms with Crippen molar-refractivity contribution in [2.45, 2.75) is 26.2 Å². The topological polar surface area (TPSA) is 17.1 Å². The summed E-state index contributed by atoms with van der Waals surface area (Å²) in [6, 6.07) is 7.81. The third-order valence-corrected chi connectivity index (χ3v) is 2.27. The quantitative estimate of drug-likeness (QED) is 0.511. The number of hydrogen-bond donors (Lipinski definition) is 0. The van der Waals surface area contributed by atoms with Crippen molar-refractivity contribution in [1.82, 2.24) is 0 Å². The Hall–Kier alpha value is -1.37. The van der Waals surface area contributed by atoms with Crippen molar-refractivity contribution in [2.24, 2.45) is 0 Å². The van der Waals surface area contributed by atoms with E-state index in [-0.39, 0.29) is 5.78 Å². The number of hydrogen-bond acceptors (Lipinski definition) is 1. The normalized spacial score (nSPS) is 9.79. The fraction of sp³-hybridized carbons (Fsp3) is 0.308. The second kappa shape index (κ2) is 5.38. The van der Waals surface area contributed by atoms with Crippen molar-refractivity contribution < 1.29 is 4.79 Å². The highest BCUT2D eigenvalue weighted by Gasteiger charge is 2.07. The van der Waals surface area contributed by atoms with Gasteiger partial charge < -0.3 is 0 Å². The third kappa shape index (κ3) is 2.56. The van der Waals surface area contributed by atoms with Crippen molar-refractivity contribution in [1.29, 1.82) is 0 Å². The first kappa shape index (κ1) is 10.7. The fourth-order valence-corrected chi connectivity index (χ4v) is 1.47. The van der Waals surface area contributed by atoms with E-state index in [1.165, 1.54) is 0 Å². The van der Waals surface area contributed by atoms with Crippen LogP contribution in [0.15, 0.2) is 36.9 Å². The highest BCUT2D eigenvalue weighted by atomic mass is 16.1. The summed E-state index contributed by atoms with van der Waals surface area (Å²) < 4.78 is 0. The molecule has 0 aliphatic carbocycles. The van der Waals surface area contributed by atoms with Crippen LogP contribution in [0.4, 0.5) is 0 Å². The van der Waals surface area contributed by atoms with E-state index >= 15 is 0 Å². The largest absolute Gasteiger partial charge is 0.294 e. The molecule has 0 bridgehead atoms. The molecular weight excluding hydrogens is 172 g/mol. The maximum absolute atomic E-state index is 11.7. The maximum atomic E-state index is 11.7. The van der Waals surface area contributed by atoms with Gasteiger partial charge in [-0.25, -0.2) is 0 Å². The van der Waals surface area contributed by atoms with Crippen LogP contribution in [0.5, 0.6) is 0 Å². The summed E-state index contributed by atoms with van der Waals surface area (Å²) in [5.74, 6) is 0.224. The number of Topliss-reactive ketones (excluding diaryl/α,β-unsaturated/α-hetero) is 1. The van der Waals surface area contributed by atoms with E-state index in [2.05, 4.69) is 13.5 Å². The first-order valence-corrected chi connectivity index (χ1v) is 5.01. The molecule has 1 aromatic rings. The monoisotopic (exact) mass is 188 g/mol. The minimum absolute atomic E-state index is 0.224. The second-order valence-electron chi connectivity index (χ2n) is 3.26. The zero-order valence-electron chi connectivity index (χ0n) is 8.62. The Balaban J connectivity index is 2.82. The molecule has 0 unspecified atom stereocenters. The molecule has 0 spiro atoms. The summed E-state index contributed by atoms with van der Waals surface area (Å²) in [6.45, 7) is 5.69. The van der Waals surface area contributed by atoms with Gasteiger partial charge in [0.1, 0.15) is 0 Å². The van der Waals surface area contributed by atoms with Gasteiger partial charge in [-0.1, -0.05) is 37.3 Å². The molecule has 0 heterocycles. The van der Waals surface area contributed by atoms with Gasteiger partial charge in [-0.05, 0) is 18.4 Å². The Labute approximate surface area is 85.5 Å². The average Bonchev–Trinajstić information content (AvgIpc) is 2.25. The molecule has 1 aromatic carbocycles. The van der Waals surface area contributed by atoms with Crippen molar-refractivity contribution >= 4 is 5.78 Å². The molecule has 0 aliphatic rings. The van der Waals surface area contributed by atoms with Crippen LogP contribution in [0.1, 0.15) is 35.7 Å². The number of rotatable bonds is 5. The van der Waals surface area contributed by atoms with Crippen LogP contribution in [-0.2, 0) is 6.42 Å². The number of allylic oxidation sites excluding steroid dienone is 1. The van der Waals surface area contributed by atoms with Crippen LogP contribution in [0.25, 0.3) is 0 Å². The summed E-state index contributed by atoms with van der Waals surface area (Å²) in [5.41, 5.74) is 2.01. The van der Waals surface area contributed by atoms with E-state index in [1.807, 2.05) is 24.3 Å². The Morgan fingerprint density at radius 3 is 2.79 bits per heavy atom. The number of carbonyl (C=O) groups is 1. The molecule has 14 heavy (non-hydrogen) atoms. The maximum Gasteiger partial charge on any atom is 0.163 e. The summed E-state index contributed by atoms with van der Waals surface area (Å²) >= 11 is 0. The highest BCUT2D eigenvalue weighted by molar-refractivity contribution is 5.97. The summed E-state index contributed by atoms with van der Waals surface area (Å²) in [4.78, 5) is 11.7. The van der Waals surface area contributed by atoms with Crippen molar-refractivity contribution in [3.63, 3.8) is 0 Å². The third-order valence-electron chi connectivity index (χ3n) is 2.27. The van der Waals surface area contributed by atoms with Gasteiger partial charge in [-0.2, -0.15) is 0 Å². The van der Waals surface area contributed by atoms with Crippen LogP contribution in [0, 0.1) is 0 Å². The van der Waals surface area contributed by atoms with E-state index in [0.29, 0.717) is 6.42 Å². The minimum atomic E-state index is 0.224. The van der Waals surface area contributed by atoms with E-state index in [0.717, 1.165) is 24.0 Å². The summed E-state index contributed by atoms with van der Waals surface area (Å²) in [7, 11) is 0. The molecule has 0 amide bonds. The van der Waals surface area contributed by atoms with Crippen LogP contribution < -0.4 is 0 Å². The van der Waals surface area contributed by atoms with Crippen molar-refractivity contribution in [2.75, 3.05) is 0 Å². The molecular formula is C13H16O. The van der Waals surface area contributed by atoms with Crippen molar-refractivity contribution in [3.8, 4) is 0 Å². The van der Waals surface area contributed by atoms with Crippen LogP contribution in [0.3, 0.4) is 0 Å². The summed E-state index contributed by atoms with van der Waals surface area (Å²) in [5, 5.41) is 0. The Morgan fingerprint density at radius 1 is 1.43 bits per heavy atom. The molecule has 0 atom stereocenters. The second-order valence-corrected chi connectivity index (χ2v) is 3.26. The van der Waals surface area contributed by atoms with E-state index in [1.54, 1.807) is 6.08 Å². The van der Waals surface area contributed by atoms with Crippen molar-refractivity contribution in [3.05, 3.63) is 48.0 Å². The van der Waals surface area contributed by atoms with Gasteiger partial charge in [0, 0.05) is 12.0 Å². The van der Waals surface area contributed by atoms with E-state index < -0.39 is 0 Å². The van der Waals surface area contributed by atoms with E-state index in [4.69, 9.17) is 0 Å². The number of carbonyl (C=O) groups excluding carboxylic acids is 1. The molecule has 74 valence electrons. The van der Waals surface area contributed by atoms with Gasteiger partial charge in [-0.3, -0.25) is 4.79 Å². The number of ketones is 1. The molecule has 0 aromatic heterocycles. The first-order chi connectivity index (χ1) is 6.79. The predicted molar refractivity (Wildman–Crippen MR) is 59.6 cm³/mol. The smallest absolute Gasteiger partial charge is 0.163 e. The Bertz CT molecular complexity index is 326. The standard InChI is InChI=1S/C13H16O/c1-3-5-10-13(14)12-9-7-6-8-11(12)4-2/h3,6-9H,1,4-5,10H2,2H3. The number of aryl methyl sites for hydroxylation is 1. The molecule has 1 nitrogen and oxygen atoms in total.